The standard InChI is InChI=1S/C18H19IN4O5/c1-3-15(21-13-6-4-12(19)5-7-13)18(25)22-20-10-11-8-14(23(26)27)9-16(28-2)17(11)24/h4-10,15,21,24H,3H2,1-2H3,(H,22,25). The highest BCUT2D eigenvalue weighted by Gasteiger charge is 2.17. The summed E-state index contributed by atoms with van der Waals surface area (Å²) in [5.74, 6) is -0.752. The minimum Gasteiger partial charge on any atom is -0.504 e. The lowest BCUT2D eigenvalue weighted by atomic mass is 10.1. The molecule has 2 aromatic carbocycles. The molecule has 2 aromatic rings. The summed E-state index contributed by atoms with van der Waals surface area (Å²) in [5, 5.41) is 28.0. The van der Waals surface area contributed by atoms with Crippen molar-refractivity contribution in [1.29, 1.82) is 0 Å². The molecule has 0 aromatic heterocycles. The van der Waals surface area contributed by atoms with Gasteiger partial charge in [-0.25, -0.2) is 5.43 Å². The summed E-state index contributed by atoms with van der Waals surface area (Å²) in [4.78, 5) is 22.7. The second-order valence-corrected chi connectivity index (χ2v) is 6.93. The Morgan fingerprint density at radius 3 is 2.64 bits per heavy atom. The number of carbonyl (C=O) groups is 1. The third-order valence-electron chi connectivity index (χ3n) is 3.81. The van der Waals surface area contributed by atoms with Crippen LogP contribution >= 0.6 is 22.6 Å². The number of nitrogens with zero attached hydrogens (tertiary/aromatic N) is 2. The van der Waals surface area contributed by atoms with Gasteiger partial charge >= 0.3 is 0 Å². The van der Waals surface area contributed by atoms with Gasteiger partial charge in [0, 0.05) is 20.9 Å². The monoisotopic (exact) mass is 498 g/mol. The third-order valence-corrected chi connectivity index (χ3v) is 4.53. The molecule has 0 saturated carbocycles. The topological polar surface area (TPSA) is 126 Å². The van der Waals surface area contributed by atoms with Crippen LogP contribution in [0.1, 0.15) is 18.9 Å². The van der Waals surface area contributed by atoms with Gasteiger partial charge in [0.15, 0.2) is 11.5 Å². The number of phenolic OH excluding ortho intramolecular Hbond substituents is 1. The molecule has 0 aliphatic heterocycles. The number of methoxy groups -OCH3 is 1. The van der Waals surface area contributed by atoms with Crippen molar-refractivity contribution >= 4 is 46.1 Å². The number of nitro benzene ring substituents is 1. The molecule has 10 heteroatoms. The van der Waals surface area contributed by atoms with E-state index in [9.17, 15) is 20.0 Å². The Morgan fingerprint density at radius 1 is 1.39 bits per heavy atom. The van der Waals surface area contributed by atoms with E-state index < -0.39 is 11.0 Å². The predicted molar refractivity (Wildman–Crippen MR) is 114 cm³/mol. The quantitative estimate of drug-likeness (QED) is 0.222. The number of carbonyl (C=O) groups excluding carboxylic acids is 1. The minimum atomic E-state index is -0.615. The summed E-state index contributed by atoms with van der Waals surface area (Å²) in [6.07, 6.45) is 1.64. The molecule has 148 valence electrons. The van der Waals surface area contributed by atoms with Crippen LogP contribution in [0.2, 0.25) is 0 Å². The molecule has 3 N–H and O–H groups in total. The molecule has 1 amide bonds. The van der Waals surface area contributed by atoms with Crippen molar-refractivity contribution in [3.05, 3.63) is 55.6 Å². The lowest BCUT2D eigenvalue weighted by Gasteiger charge is -2.16. The molecular weight excluding hydrogens is 479 g/mol. The van der Waals surface area contributed by atoms with Crippen LogP contribution in [0.4, 0.5) is 11.4 Å². The number of phenols is 1. The van der Waals surface area contributed by atoms with E-state index in [2.05, 4.69) is 38.4 Å². The van der Waals surface area contributed by atoms with E-state index in [1.54, 1.807) is 0 Å². The number of aromatic hydroxyl groups is 1. The van der Waals surface area contributed by atoms with Crippen molar-refractivity contribution in [3.63, 3.8) is 0 Å². The van der Waals surface area contributed by atoms with Crippen molar-refractivity contribution in [2.75, 3.05) is 12.4 Å². The number of ether oxygens (including phenoxy) is 1. The number of nitrogens with one attached hydrogen (secondary N) is 2. The maximum absolute atomic E-state index is 12.3. The largest absolute Gasteiger partial charge is 0.504 e. The van der Waals surface area contributed by atoms with Crippen molar-refractivity contribution in [1.82, 2.24) is 5.43 Å². The Bertz CT molecular complexity index is 886. The van der Waals surface area contributed by atoms with Gasteiger partial charge in [-0.1, -0.05) is 6.92 Å². The van der Waals surface area contributed by atoms with Crippen LogP contribution in [0.25, 0.3) is 0 Å². The number of amides is 1. The van der Waals surface area contributed by atoms with E-state index >= 15 is 0 Å². The third kappa shape index (κ3) is 5.55. The highest BCUT2D eigenvalue weighted by Crippen LogP contribution is 2.33. The molecule has 1 atom stereocenters. The second kappa shape index (κ2) is 9.88. The molecular formula is C18H19IN4O5. The molecule has 0 aliphatic rings. The first-order valence-electron chi connectivity index (χ1n) is 8.26. The predicted octanol–water partition coefficient (Wildman–Crippen LogP) is 3.25. The first kappa shape index (κ1) is 21.4. The Kier molecular flexibility index (Phi) is 7.55. The van der Waals surface area contributed by atoms with Gasteiger partial charge in [-0.15, -0.1) is 0 Å². The van der Waals surface area contributed by atoms with E-state index in [4.69, 9.17) is 4.74 Å². The highest BCUT2D eigenvalue weighted by molar-refractivity contribution is 14.1. The summed E-state index contributed by atoms with van der Waals surface area (Å²) in [6, 6.07) is 9.29. The van der Waals surface area contributed by atoms with E-state index in [0.29, 0.717) is 6.42 Å². The molecule has 0 aliphatic carbocycles. The summed E-state index contributed by atoms with van der Waals surface area (Å²) >= 11 is 2.19. The minimum absolute atomic E-state index is 0.0463. The number of rotatable bonds is 8. The van der Waals surface area contributed by atoms with Crippen LogP contribution in [0.15, 0.2) is 41.5 Å². The average molecular weight is 498 g/mol. The van der Waals surface area contributed by atoms with E-state index in [0.717, 1.165) is 27.6 Å². The van der Waals surface area contributed by atoms with E-state index in [-0.39, 0.29) is 28.7 Å². The number of anilines is 1. The van der Waals surface area contributed by atoms with Gasteiger partial charge in [0.2, 0.25) is 0 Å². The molecule has 0 bridgehead atoms. The van der Waals surface area contributed by atoms with Crippen molar-refractivity contribution in [2.45, 2.75) is 19.4 Å². The zero-order valence-corrected chi connectivity index (χ0v) is 17.3. The Hall–Kier alpha value is -2.89. The van der Waals surface area contributed by atoms with Gasteiger partial charge in [0.05, 0.1) is 24.3 Å². The Balaban J connectivity index is 2.10. The lowest BCUT2D eigenvalue weighted by molar-refractivity contribution is -0.385. The zero-order chi connectivity index (χ0) is 20.7. The van der Waals surface area contributed by atoms with Crippen molar-refractivity contribution < 1.29 is 19.6 Å². The normalized spacial score (nSPS) is 11.8. The van der Waals surface area contributed by atoms with Gasteiger partial charge in [-0.05, 0) is 53.3 Å². The average Bonchev–Trinajstić information content (AvgIpc) is 2.68. The van der Waals surface area contributed by atoms with Gasteiger partial charge < -0.3 is 15.2 Å². The number of hydrazone groups is 1. The maximum atomic E-state index is 12.3. The Morgan fingerprint density at radius 2 is 2.07 bits per heavy atom. The molecule has 2 rings (SSSR count). The van der Waals surface area contributed by atoms with Crippen LogP contribution in [-0.4, -0.2) is 35.3 Å². The second-order valence-electron chi connectivity index (χ2n) is 5.69. The number of benzene rings is 2. The molecule has 9 nitrogen and oxygen atoms in total. The molecule has 0 radical (unpaired) electrons. The maximum Gasteiger partial charge on any atom is 0.274 e. The smallest absolute Gasteiger partial charge is 0.274 e. The van der Waals surface area contributed by atoms with E-state index in [1.807, 2.05) is 31.2 Å². The van der Waals surface area contributed by atoms with Crippen LogP contribution in [0.3, 0.4) is 0 Å². The van der Waals surface area contributed by atoms with Gasteiger partial charge in [-0.2, -0.15) is 5.10 Å². The van der Waals surface area contributed by atoms with Gasteiger partial charge in [0.1, 0.15) is 6.04 Å². The highest BCUT2D eigenvalue weighted by atomic mass is 127. The summed E-state index contributed by atoms with van der Waals surface area (Å²) in [5.41, 5.74) is 2.95. The zero-order valence-electron chi connectivity index (χ0n) is 15.2. The van der Waals surface area contributed by atoms with E-state index in [1.165, 1.54) is 7.11 Å². The fraction of sp³-hybridized carbons (Fsp3) is 0.222. The fourth-order valence-electron chi connectivity index (χ4n) is 2.32. The summed E-state index contributed by atoms with van der Waals surface area (Å²) < 4.78 is 6.00. The van der Waals surface area contributed by atoms with Crippen molar-refractivity contribution in [3.8, 4) is 11.5 Å². The van der Waals surface area contributed by atoms with Crippen LogP contribution in [0.5, 0.6) is 11.5 Å². The molecule has 0 spiro atoms. The Labute approximate surface area is 175 Å². The van der Waals surface area contributed by atoms with Gasteiger partial charge in [-0.3, -0.25) is 14.9 Å². The molecule has 1 unspecified atom stereocenters. The first-order chi connectivity index (χ1) is 13.3. The number of non-ortho nitro benzene ring substituents is 1. The number of hydrogen-bond acceptors (Lipinski definition) is 7. The lowest BCUT2D eigenvalue weighted by Crippen LogP contribution is -2.36. The number of halogens is 1. The molecule has 0 fully saturated rings. The van der Waals surface area contributed by atoms with Crippen LogP contribution < -0.4 is 15.5 Å². The SMILES string of the molecule is CCC(Nc1ccc(I)cc1)C(=O)NN=Cc1cc([N+](=O)[O-])cc(OC)c1O. The molecule has 0 heterocycles. The fourth-order valence-corrected chi connectivity index (χ4v) is 2.68. The summed E-state index contributed by atoms with van der Waals surface area (Å²) in [6.45, 7) is 1.85. The van der Waals surface area contributed by atoms with Gasteiger partial charge in [0.25, 0.3) is 11.6 Å². The van der Waals surface area contributed by atoms with Crippen molar-refractivity contribution in [2.24, 2.45) is 5.10 Å². The molecule has 0 saturated heterocycles. The van der Waals surface area contributed by atoms with Crippen LogP contribution in [0, 0.1) is 13.7 Å². The summed E-state index contributed by atoms with van der Waals surface area (Å²) in [7, 11) is 1.28. The number of nitro groups is 1. The number of hydrogen-bond donors (Lipinski definition) is 3. The first-order valence-corrected chi connectivity index (χ1v) is 9.34. The molecule has 28 heavy (non-hydrogen) atoms. The van der Waals surface area contributed by atoms with Crippen LogP contribution in [-0.2, 0) is 4.79 Å².